The van der Waals surface area contributed by atoms with Crippen LogP contribution in [0.5, 0.6) is 0 Å². The van der Waals surface area contributed by atoms with E-state index in [1.807, 2.05) is 6.07 Å². The minimum absolute atomic E-state index is 0. The van der Waals surface area contributed by atoms with Crippen LogP contribution in [-0.4, -0.2) is 134 Å². The van der Waals surface area contributed by atoms with Crippen molar-refractivity contribution < 1.29 is 110 Å². The van der Waals surface area contributed by atoms with E-state index in [9.17, 15) is 24.0 Å². The van der Waals surface area contributed by atoms with Crippen LogP contribution in [0.15, 0.2) is 24.4 Å². The van der Waals surface area contributed by atoms with E-state index in [-0.39, 0.29) is 39.8 Å². The minimum Gasteiger partial charge on any atom is -0.481 e. The van der Waals surface area contributed by atoms with Gasteiger partial charge in [0.25, 0.3) is 0 Å². The second kappa shape index (κ2) is 30.4. The molecule has 2 amide bonds. The number of amides is 2. The zero-order valence-electron chi connectivity index (χ0n) is 25.0. The molecule has 0 saturated carbocycles. The first-order valence-corrected chi connectivity index (χ1v) is 13.1. The second-order valence-electron chi connectivity index (χ2n) is 8.86. The van der Waals surface area contributed by atoms with Crippen LogP contribution >= 0.6 is 0 Å². The second-order valence-corrected chi connectivity index (χ2v) is 8.86. The number of nitrogens with zero attached hydrogens (tertiary/aromatic N) is 2. The third kappa shape index (κ3) is 40.7. The average Bonchev–Trinajstić information content (AvgIpc) is 2.89. The van der Waals surface area contributed by atoms with E-state index < -0.39 is 66.9 Å². The Kier molecular flexibility index (Phi) is 31.4. The predicted octanol–water partition coefficient (Wildman–Crippen LogP) is 1.65. The van der Waals surface area contributed by atoms with Crippen LogP contribution in [0, 0.1) is 0 Å². The van der Waals surface area contributed by atoms with Crippen LogP contribution in [0.3, 0.4) is 0 Å². The van der Waals surface area contributed by atoms with Crippen molar-refractivity contribution >= 4 is 48.4 Å². The molecule has 1 radical (unpaired) electrons. The van der Waals surface area contributed by atoms with Crippen LogP contribution < -0.4 is 10.6 Å². The number of hydrogen-bond donors (Lipinski definition) is 12. The van der Waals surface area contributed by atoms with Crippen molar-refractivity contribution in [1.82, 2.24) is 20.5 Å². The number of carbonyl (C=O) groups excluding carboxylic acids is 1. The molecule has 23 heteroatoms. The number of aromatic nitrogens is 1. The van der Waals surface area contributed by atoms with E-state index in [1.165, 1.54) is 0 Å². The summed E-state index contributed by atoms with van der Waals surface area (Å²) < 4.78 is 0. The number of hydrogen-bond acceptors (Lipinski definition) is 10. The van der Waals surface area contributed by atoms with Gasteiger partial charge in [0.05, 0.1) is 18.7 Å². The zero-order chi connectivity index (χ0) is 36.9. The summed E-state index contributed by atoms with van der Waals surface area (Å²) in [5.74, 6) is -4.70. The summed E-state index contributed by atoms with van der Waals surface area (Å²) in [6.45, 7) is 0.722. The molecule has 0 aliphatic rings. The maximum Gasteiger partial charge on any atom is 0.503 e. The molecule has 22 nitrogen and oxygen atoms in total. The van der Waals surface area contributed by atoms with Gasteiger partial charge in [0.2, 0.25) is 0 Å². The third-order valence-electron chi connectivity index (χ3n) is 5.00. The van der Waals surface area contributed by atoms with Crippen LogP contribution in [0.4, 0.5) is 19.2 Å². The van der Waals surface area contributed by atoms with Gasteiger partial charge in [-0.25, -0.2) is 24.0 Å². The Hall–Kier alpha value is -5.27. The van der Waals surface area contributed by atoms with Gasteiger partial charge >= 0.3 is 48.4 Å². The summed E-state index contributed by atoms with van der Waals surface area (Å²) >= 11 is 0. The van der Waals surface area contributed by atoms with Crippen molar-refractivity contribution in [3.05, 3.63) is 30.1 Å². The topological polar surface area (TPSA) is 379 Å². The average molecular weight is 869 g/mol. The van der Waals surface area contributed by atoms with Gasteiger partial charge in [-0.3, -0.25) is 24.3 Å². The first-order valence-electron chi connectivity index (χ1n) is 13.1. The standard InChI is InChI=1S/C22H32N4O9.3CH2O3.Re/c27-18(28)9-8-17(21(33)34)25-22(35)24-15(12-19(29)30)6-2-1-5-11-26(14-20(31)32)13-16-7-3-4-10-23-16;3*2-1(3)4;/h3-4,7,10,15,17H,1-2,5-6,8-9,11-14H2,(H,27,28)(H,29,30)(H,31,32)(H,33,34)(H2,24,25,35);3*(H2,2,3,4);/t15-,17-;;;;/m0..../s1. The van der Waals surface area contributed by atoms with Gasteiger partial charge in [0.15, 0.2) is 0 Å². The number of urea groups is 1. The van der Waals surface area contributed by atoms with Crippen LogP contribution in [0.25, 0.3) is 0 Å². The molecular formula is C25H38N4O18Re. The van der Waals surface area contributed by atoms with Gasteiger partial charge < -0.3 is 61.7 Å². The Morgan fingerprint density at radius 2 is 1.23 bits per heavy atom. The Balaban J connectivity index is -0.000000637. The normalized spacial score (nSPS) is 10.6. The summed E-state index contributed by atoms with van der Waals surface area (Å²) in [6, 6.07) is 2.32. The molecule has 48 heavy (non-hydrogen) atoms. The molecule has 273 valence electrons. The summed E-state index contributed by atoms with van der Waals surface area (Å²) in [4.78, 5) is 87.9. The summed E-state index contributed by atoms with van der Waals surface area (Å²) in [7, 11) is 0. The van der Waals surface area contributed by atoms with Crippen LogP contribution in [0.1, 0.15) is 50.6 Å². The smallest absolute Gasteiger partial charge is 0.481 e. The third-order valence-corrected chi connectivity index (χ3v) is 5.00. The molecule has 0 aliphatic heterocycles. The van der Waals surface area contributed by atoms with Crippen molar-refractivity contribution in [1.29, 1.82) is 0 Å². The Morgan fingerprint density at radius 3 is 1.65 bits per heavy atom. The molecule has 1 rings (SSSR count). The Labute approximate surface area is 285 Å². The summed E-state index contributed by atoms with van der Waals surface area (Å²) in [5.41, 5.74) is 0.744. The van der Waals surface area contributed by atoms with E-state index >= 15 is 0 Å². The Bertz CT molecular complexity index is 1100. The fourth-order valence-electron chi connectivity index (χ4n) is 3.38. The van der Waals surface area contributed by atoms with Crippen LogP contribution in [-0.2, 0) is 46.1 Å². The fraction of sp³-hybridized carbons (Fsp3) is 0.480. The molecule has 1 aromatic heterocycles. The maximum absolute atomic E-state index is 12.2. The number of nitrogens with one attached hydrogen (secondary N) is 2. The largest absolute Gasteiger partial charge is 0.503 e. The van der Waals surface area contributed by atoms with Crippen molar-refractivity contribution in [3.8, 4) is 0 Å². The van der Waals surface area contributed by atoms with Gasteiger partial charge in [-0.15, -0.1) is 0 Å². The molecule has 0 unspecified atom stereocenters. The molecule has 1 heterocycles. The van der Waals surface area contributed by atoms with Crippen molar-refractivity contribution in [3.63, 3.8) is 0 Å². The monoisotopic (exact) mass is 869 g/mol. The van der Waals surface area contributed by atoms with E-state index in [0.29, 0.717) is 38.8 Å². The number of carbonyl (C=O) groups is 8. The molecule has 0 aliphatic carbocycles. The maximum atomic E-state index is 12.2. The van der Waals surface area contributed by atoms with Crippen molar-refractivity contribution in [2.75, 3.05) is 13.1 Å². The molecule has 2 atom stereocenters. The molecule has 0 fully saturated rings. The van der Waals surface area contributed by atoms with Crippen molar-refractivity contribution in [2.24, 2.45) is 0 Å². The van der Waals surface area contributed by atoms with Gasteiger partial charge in [0, 0.05) is 45.6 Å². The fourth-order valence-corrected chi connectivity index (χ4v) is 3.38. The van der Waals surface area contributed by atoms with Gasteiger partial charge in [-0.2, -0.15) is 0 Å². The minimum atomic E-state index is -1.83. The van der Waals surface area contributed by atoms with Gasteiger partial charge in [-0.1, -0.05) is 18.9 Å². The first-order chi connectivity index (χ1) is 21.8. The number of unbranched alkanes of at least 4 members (excludes halogenated alkanes) is 2. The number of carboxylic acids is 4. The van der Waals surface area contributed by atoms with Gasteiger partial charge in [0.1, 0.15) is 6.04 Å². The van der Waals surface area contributed by atoms with Crippen molar-refractivity contribution in [2.45, 2.75) is 63.6 Å². The summed E-state index contributed by atoms with van der Waals surface area (Å²) in [5, 5.41) is 82.5. The molecule has 0 bridgehead atoms. The molecular weight excluding hydrogens is 830 g/mol. The number of rotatable bonds is 18. The predicted molar refractivity (Wildman–Crippen MR) is 154 cm³/mol. The zero-order valence-corrected chi connectivity index (χ0v) is 27.8. The summed E-state index contributed by atoms with van der Waals surface area (Å²) in [6.07, 6.45) is -2.86. The molecule has 12 N–H and O–H groups in total. The Morgan fingerprint density at radius 1 is 0.688 bits per heavy atom. The number of aliphatic carboxylic acids is 4. The SMILES string of the molecule is O=C(O)CC[C@H](NC(=O)N[C@@H](CCCCCN(CC(=O)O)Cc1ccccn1)CC(=O)O)C(=O)O.O=C(O)O.O=C(O)O.O=C(O)O.[Re]. The van der Waals surface area contributed by atoms with E-state index in [0.717, 1.165) is 5.69 Å². The van der Waals surface area contributed by atoms with E-state index in [2.05, 4.69) is 15.6 Å². The molecule has 0 saturated heterocycles. The van der Waals surface area contributed by atoms with Gasteiger partial charge in [-0.05, 0) is 37.9 Å². The van der Waals surface area contributed by atoms with E-state index in [4.69, 9.17) is 65.4 Å². The van der Waals surface area contributed by atoms with E-state index in [1.54, 1.807) is 23.2 Å². The molecule has 0 aromatic carbocycles. The molecule has 1 aromatic rings. The van der Waals surface area contributed by atoms with Crippen LogP contribution in [0.2, 0.25) is 0 Å². The number of carboxylic acid groups (broad SMARTS) is 10. The first kappa shape index (κ1) is 49.6. The molecule has 0 spiro atoms. The number of pyridine rings is 1. The quantitative estimate of drug-likeness (QED) is 0.0933.